The van der Waals surface area contributed by atoms with Crippen LogP contribution in [0.5, 0.6) is 5.75 Å². The third-order valence-electron chi connectivity index (χ3n) is 3.47. The van der Waals surface area contributed by atoms with Gasteiger partial charge in [0, 0.05) is 13.6 Å². The SMILES string of the molecule is CC[C@H](C)[C@H](N)C(=O)N(C)Cc1cccc(OC)c1. The summed E-state index contributed by atoms with van der Waals surface area (Å²) in [5, 5.41) is 0. The maximum Gasteiger partial charge on any atom is 0.239 e. The number of hydrogen-bond acceptors (Lipinski definition) is 3. The van der Waals surface area contributed by atoms with Crippen LogP contribution < -0.4 is 10.5 Å². The largest absolute Gasteiger partial charge is 0.497 e. The van der Waals surface area contributed by atoms with Crippen molar-refractivity contribution in [1.29, 1.82) is 0 Å². The van der Waals surface area contributed by atoms with Gasteiger partial charge in [-0.2, -0.15) is 0 Å². The molecule has 4 nitrogen and oxygen atoms in total. The van der Waals surface area contributed by atoms with Crippen molar-refractivity contribution in [2.45, 2.75) is 32.9 Å². The zero-order valence-electron chi connectivity index (χ0n) is 12.2. The molecule has 19 heavy (non-hydrogen) atoms. The average molecular weight is 264 g/mol. The first-order chi connectivity index (χ1) is 8.99. The van der Waals surface area contributed by atoms with E-state index < -0.39 is 6.04 Å². The van der Waals surface area contributed by atoms with Gasteiger partial charge >= 0.3 is 0 Å². The van der Waals surface area contributed by atoms with Crippen molar-refractivity contribution in [3.05, 3.63) is 29.8 Å². The third kappa shape index (κ3) is 4.24. The van der Waals surface area contributed by atoms with E-state index >= 15 is 0 Å². The Balaban J connectivity index is 2.68. The van der Waals surface area contributed by atoms with Gasteiger partial charge in [0.05, 0.1) is 13.2 Å². The second-order valence-corrected chi connectivity index (χ2v) is 4.96. The Kier molecular flexibility index (Phi) is 5.83. The molecule has 1 amide bonds. The molecule has 0 radical (unpaired) electrons. The van der Waals surface area contributed by atoms with Crippen LogP contribution in [0.1, 0.15) is 25.8 Å². The number of likely N-dealkylation sites (N-methyl/N-ethyl adjacent to an activating group) is 1. The Hall–Kier alpha value is -1.55. The van der Waals surface area contributed by atoms with Gasteiger partial charge in [-0.3, -0.25) is 4.79 Å². The number of hydrogen-bond donors (Lipinski definition) is 1. The topological polar surface area (TPSA) is 55.6 Å². The highest BCUT2D eigenvalue weighted by atomic mass is 16.5. The van der Waals surface area contributed by atoms with Crippen LogP contribution in [0.25, 0.3) is 0 Å². The molecule has 106 valence electrons. The maximum atomic E-state index is 12.2. The van der Waals surface area contributed by atoms with Crippen LogP contribution >= 0.6 is 0 Å². The lowest BCUT2D eigenvalue weighted by atomic mass is 9.99. The second-order valence-electron chi connectivity index (χ2n) is 4.96. The summed E-state index contributed by atoms with van der Waals surface area (Å²) < 4.78 is 5.17. The normalized spacial score (nSPS) is 13.7. The van der Waals surface area contributed by atoms with E-state index in [4.69, 9.17) is 10.5 Å². The molecule has 0 bridgehead atoms. The standard InChI is InChI=1S/C15H24N2O2/c1-5-11(2)14(16)15(18)17(3)10-12-7-6-8-13(9-12)19-4/h6-9,11,14H,5,10,16H2,1-4H3/t11-,14-/m0/s1. The fourth-order valence-electron chi connectivity index (χ4n) is 1.87. The number of amides is 1. The molecule has 0 saturated carbocycles. The summed E-state index contributed by atoms with van der Waals surface area (Å²) in [7, 11) is 3.41. The molecule has 0 fully saturated rings. The minimum absolute atomic E-state index is 0.0165. The Morgan fingerprint density at radius 2 is 2.16 bits per heavy atom. The fourth-order valence-corrected chi connectivity index (χ4v) is 1.87. The first kappa shape index (κ1) is 15.5. The molecule has 2 atom stereocenters. The number of carbonyl (C=O) groups is 1. The highest BCUT2D eigenvalue weighted by Gasteiger charge is 2.22. The molecule has 0 saturated heterocycles. The van der Waals surface area contributed by atoms with Crippen molar-refractivity contribution in [3.63, 3.8) is 0 Å². The van der Waals surface area contributed by atoms with Crippen LogP contribution in [0.3, 0.4) is 0 Å². The first-order valence-electron chi connectivity index (χ1n) is 6.63. The van der Waals surface area contributed by atoms with Crippen LogP contribution in [0.15, 0.2) is 24.3 Å². The zero-order chi connectivity index (χ0) is 14.4. The van der Waals surface area contributed by atoms with Crippen molar-refractivity contribution >= 4 is 5.91 Å². The molecule has 2 N–H and O–H groups in total. The molecule has 0 unspecified atom stereocenters. The van der Waals surface area contributed by atoms with E-state index in [0.29, 0.717) is 6.54 Å². The third-order valence-corrected chi connectivity index (χ3v) is 3.47. The summed E-state index contributed by atoms with van der Waals surface area (Å²) in [6.07, 6.45) is 0.903. The summed E-state index contributed by atoms with van der Waals surface area (Å²) in [6, 6.07) is 7.28. The van der Waals surface area contributed by atoms with Gasteiger partial charge < -0.3 is 15.4 Å². The van der Waals surface area contributed by atoms with Gasteiger partial charge in [-0.05, 0) is 23.6 Å². The molecule has 0 aliphatic heterocycles. The van der Waals surface area contributed by atoms with E-state index in [0.717, 1.165) is 17.7 Å². The predicted molar refractivity (Wildman–Crippen MR) is 76.9 cm³/mol. The summed E-state index contributed by atoms with van der Waals surface area (Å²) in [4.78, 5) is 13.8. The Morgan fingerprint density at radius 1 is 1.47 bits per heavy atom. The molecule has 1 rings (SSSR count). The Bertz CT molecular complexity index is 420. The van der Waals surface area contributed by atoms with Gasteiger partial charge in [-0.25, -0.2) is 0 Å². The first-order valence-corrected chi connectivity index (χ1v) is 6.63. The molecule has 1 aromatic carbocycles. The van der Waals surface area contributed by atoms with Gasteiger partial charge in [0.25, 0.3) is 0 Å². The van der Waals surface area contributed by atoms with Crippen molar-refractivity contribution in [2.24, 2.45) is 11.7 Å². The van der Waals surface area contributed by atoms with E-state index in [1.54, 1.807) is 19.1 Å². The van der Waals surface area contributed by atoms with E-state index in [9.17, 15) is 4.79 Å². The molecule has 0 spiro atoms. The fraction of sp³-hybridized carbons (Fsp3) is 0.533. The molecular formula is C15H24N2O2. The summed E-state index contributed by atoms with van der Waals surface area (Å²) in [5.74, 6) is 0.974. The lowest BCUT2D eigenvalue weighted by Crippen LogP contribution is -2.45. The van der Waals surface area contributed by atoms with Crippen LogP contribution in [-0.2, 0) is 11.3 Å². The Morgan fingerprint density at radius 3 is 2.74 bits per heavy atom. The van der Waals surface area contributed by atoms with Crippen LogP contribution in [-0.4, -0.2) is 31.0 Å². The maximum absolute atomic E-state index is 12.2. The van der Waals surface area contributed by atoms with Gasteiger partial charge in [-0.1, -0.05) is 32.4 Å². The van der Waals surface area contributed by atoms with Crippen molar-refractivity contribution in [2.75, 3.05) is 14.2 Å². The minimum atomic E-state index is -0.430. The highest BCUT2D eigenvalue weighted by molar-refractivity contribution is 5.81. The van der Waals surface area contributed by atoms with Gasteiger partial charge in [0.1, 0.15) is 5.75 Å². The predicted octanol–water partition coefficient (Wildman–Crippen LogP) is 2.03. The van der Waals surface area contributed by atoms with E-state index in [1.165, 1.54) is 0 Å². The second kappa shape index (κ2) is 7.14. The van der Waals surface area contributed by atoms with E-state index in [-0.39, 0.29) is 11.8 Å². The highest BCUT2D eigenvalue weighted by Crippen LogP contribution is 2.15. The minimum Gasteiger partial charge on any atom is -0.497 e. The number of carbonyl (C=O) groups excluding carboxylic acids is 1. The van der Waals surface area contributed by atoms with Crippen LogP contribution in [0.4, 0.5) is 0 Å². The monoisotopic (exact) mass is 264 g/mol. The van der Waals surface area contributed by atoms with E-state index in [1.807, 2.05) is 38.1 Å². The van der Waals surface area contributed by atoms with Crippen molar-refractivity contribution < 1.29 is 9.53 Å². The Labute approximate surface area is 115 Å². The molecule has 0 aliphatic carbocycles. The molecule has 0 aliphatic rings. The quantitative estimate of drug-likeness (QED) is 0.855. The number of nitrogens with zero attached hydrogens (tertiary/aromatic N) is 1. The summed E-state index contributed by atoms with van der Waals surface area (Å²) in [6.45, 7) is 4.59. The lowest BCUT2D eigenvalue weighted by molar-refractivity contribution is -0.132. The number of nitrogens with two attached hydrogens (primary N) is 1. The van der Waals surface area contributed by atoms with Crippen molar-refractivity contribution in [3.8, 4) is 5.75 Å². The lowest BCUT2D eigenvalue weighted by Gasteiger charge is -2.24. The van der Waals surface area contributed by atoms with Crippen LogP contribution in [0.2, 0.25) is 0 Å². The van der Waals surface area contributed by atoms with E-state index in [2.05, 4.69) is 0 Å². The van der Waals surface area contributed by atoms with Gasteiger partial charge in [-0.15, -0.1) is 0 Å². The molecule has 0 heterocycles. The average Bonchev–Trinajstić information content (AvgIpc) is 2.44. The number of rotatable bonds is 6. The smallest absolute Gasteiger partial charge is 0.239 e. The van der Waals surface area contributed by atoms with Gasteiger partial charge in [0.2, 0.25) is 5.91 Å². The zero-order valence-corrected chi connectivity index (χ0v) is 12.2. The molecule has 0 aromatic heterocycles. The summed E-state index contributed by atoms with van der Waals surface area (Å²) >= 11 is 0. The molecule has 4 heteroatoms. The summed E-state index contributed by atoms with van der Waals surface area (Å²) in [5.41, 5.74) is 7.00. The number of benzene rings is 1. The molecular weight excluding hydrogens is 240 g/mol. The van der Waals surface area contributed by atoms with Crippen molar-refractivity contribution in [1.82, 2.24) is 4.90 Å². The van der Waals surface area contributed by atoms with Gasteiger partial charge in [0.15, 0.2) is 0 Å². The number of ether oxygens (including phenoxy) is 1. The van der Waals surface area contributed by atoms with Crippen LogP contribution in [0, 0.1) is 5.92 Å². The molecule has 1 aromatic rings. The number of methoxy groups -OCH3 is 1.